The zero-order valence-corrected chi connectivity index (χ0v) is 73.8. The van der Waals surface area contributed by atoms with Crippen molar-refractivity contribution in [2.45, 2.75) is 391 Å². The molecule has 9 nitrogen and oxygen atoms in total. The molecule has 7 aliphatic heterocycles. The van der Waals surface area contributed by atoms with Crippen LogP contribution in [-0.2, 0) is 0 Å². The second-order valence-electron chi connectivity index (χ2n) is 37.3. The third kappa shape index (κ3) is 36.6. The van der Waals surface area contributed by atoms with Gasteiger partial charge >= 0.3 is 0 Å². The van der Waals surface area contributed by atoms with Gasteiger partial charge in [0.1, 0.15) is 0 Å². The van der Waals surface area contributed by atoms with Crippen LogP contribution in [-0.4, -0.2) is 214 Å². The Morgan fingerprint density at radius 3 is 0.899 bits per heavy atom. The molecule has 0 amide bonds. The van der Waals surface area contributed by atoms with Crippen molar-refractivity contribution >= 4 is 0 Å². The van der Waals surface area contributed by atoms with Crippen molar-refractivity contribution in [1.82, 2.24) is 44.1 Å². The predicted molar refractivity (Wildman–Crippen MR) is 447 cm³/mol. The normalized spacial score (nSPS) is 25.1. The first-order valence-electron chi connectivity index (χ1n) is 42.5. The van der Waals surface area contributed by atoms with Crippen molar-refractivity contribution in [2.75, 3.05) is 91.6 Å². The standard InChI is InChI=1S/C13H27N.C12H25N.C12H18.C11H24N2.C11H23N.C11H21N.C10H22N2.C10H21N/c1-9(2)13-7-11(5)14(10(3)4)12(6)8-13;1-9(2)12-6-7-13(10(3)4)11(5)8-12;1-9(2)11-5-7-12(8-6-11)10(3)4;1-9(2)12-6-7-13(10(3)4)11(5)8-12;3*1-9(2)11-5-7-12(8-6-11)10(3)4;1-8(2)10-5-6-11(7-10)9(3)4/h9-13H,7-8H2,1-6H3;9-12H,6-8H2,1-5H3;5-10H,1-4H3;9-11H,6-8H2,1-5H3;9-11H,5-8H2,1-4H3;5,9-10H,6-8H2,1-4H3;9-10H,5-8H2,1-4H3;8-10H,5-7H2,1-4H3. The number of piperidine rings is 3. The third-order valence-electron chi connectivity index (χ3n) is 24.5. The van der Waals surface area contributed by atoms with Crippen LogP contribution in [0.4, 0.5) is 0 Å². The minimum atomic E-state index is 0.645. The minimum absolute atomic E-state index is 0.645. The summed E-state index contributed by atoms with van der Waals surface area (Å²) in [6.07, 6.45) is 13.5. The number of benzene rings is 1. The quantitative estimate of drug-likeness (QED) is 0.150. The van der Waals surface area contributed by atoms with Gasteiger partial charge in [0.05, 0.1) is 0 Å². The molecule has 6 atom stereocenters. The molecule has 6 saturated heterocycles. The molecule has 0 bridgehead atoms. The zero-order chi connectivity index (χ0) is 75.9. The smallest absolute Gasteiger partial charge is 0.0198 e. The third-order valence-corrected chi connectivity index (χ3v) is 24.5. The molecule has 0 N–H and O–H groups in total. The van der Waals surface area contributed by atoms with E-state index in [1.54, 1.807) is 5.57 Å². The lowest BCUT2D eigenvalue weighted by molar-refractivity contribution is 0.0295. The van der Waals surface area contributed by atoms with E-state index in [1.807, 2.05) is 0 Å². The second kappa shape index (κ2) is 49.5. The van der Waals surface area contributed by atoms with E-state index in [-0.39, 0.29) is 0 Å². The van der Waals surface area contributed by atoms with Crippen molar-refractivity contribution in [2.24, 2.45) is 53.3 Å². The maximum atomic E-state index is 2.68. The average Bonchev–Trinajstić information content (AvgIpc) is 1.58. The van der Waals surface area contributed by atoms with E-state index in [2.05, 4.69) is 324 Å². The molecule has 6 unspecified atom stereocenters. The van der Waals surface area contributed by atoms with Gasteiger partial charge < -0.3 is 9.80 Å². The molecule has 99 heavy (non-hydrogen) atoms. The Hall–Kier alpha value is -1.40. The second-order valence-corrected chi connectivity index (χ2v) is 37.3. The molecule has 7 heterocycles. The van der Waals surface area contributed by atoms with E-state index in [0.29, 0.717) is 36.0 Å². The van der Waals surface area contributed by atoms with Crippen LogP contribution in [0.2, 0.25) is 0 Å². The Labute approximate surface area is 623 Å². The van der Waals surface area contributed by atoms with Crippen LogP contribution in [0.1, 0.15) is 324 Å². The van der Waals surface area contributed by atoms with Gasteiger partial charge in [-0.3, -0.25) is 34.3 Å². The summed E-state index contributed by atoms with van der Waals surface area (Å²) in [5.41, 5.74) is 4.51. The van der Waals surface area contributed by atoms with E-state index in [0.717, 1.165) is 114 Å². The van der Waals surface area contributed by atoms with Gasteiger partial charge in [-0.25, -0.2) is 0 Å². The van der Waals surface area contributed by atoms with E-state index in [9.17, 15) is 0 Å². The van der Waals surface area contributed by atoms with E-state index in [1.165, 1.54) is 148 Å². The SMILES string of the molecule is CC(C)C1=CCN(C(C)C)CC1.CC(C)C1CC(C)N(C(C)C)C(C)C1.CC(C)C1CCN(C(C)C)C(C)C1.CC(C)C1CCN(C(C)C)C1.CC(C)C1CCN(C(C)C)CC1.CC(C)N1CCN(C(C)C)C(C)C1.CC(C)N1CCN(C(C)C)CC1.CC(C)c1ccc(C(C)C)cc1. The van der Waals surface area contributed by atoms with Crippen molar-refractivity contribution in [3.05, 3.63) is 47.0 Å². The van der Waals surface area contributed by atoms with Gasteiger partial charge in [-0.05, 0) is 306 Å². The topological polar surface area (TPSA) is 29.2 Å². The molecule has 0 spiro atoms. The van der Waals surface area contributed by atoms with Crippen LogP contribution >= 0.6 is 0 Å². The first-order chi connectivity index (χ1) is 46.0. The summed E-state index contributed by atoms with van der Waals surface area (Å²) in [5, 5.41) is 0. The molecule has 6 fully saturated rings. The lowest BCUT2D eigenvalue weighted by Gasteiger charge is -2.46. The summed E-state index contributed by atoms with van der Waals surface area (Å²) in [6.45, 7) is 101. The fourth-order valence-corrected chi connectivity index (χ4v) is 16.7. The molecule has 1 aromatic rings. The molecular formula is C90H181N9. The molecular weight excluding hydrogens is 1210 g/mol. The molecule has 1 aromatic carbocycles. The van der Waals surface area contributed by atoms with E-state index in [4.69, 9.17) is 0 Å². The van der Waals surface area contributed by atoms with Crippen LogP contribution in [0.5, 0.6) is 0 Å². The molecule has 586 valence electrons. The van der Waals surface area contributed by atoms with E-state index < -0.39 is 0 Å². The first-order valence-corrected chi connectivity index (χ1v) is 42.5. The van der Waals surface area contributed by atoms with Crippen LogP contribution < -0.4 is 0 Å². The van der Waals surface area contributed by atoms with Crippen molar-refractivity contribution < 1.29 is 0 Å². The van der Waals surface area contributed by atoms with Gasteiger partial charge in [-0.15, -0.1) is 0 Å². The molecule has 0 saturated carbocycles. The Morgan fingerprint density at radius 1 is 0.273 bits per heavy atom. The van der Waals surface area contributed by atoms with Crippen LogP contribution in [0, 0.1) is 53.3 Å². The highest BCUT2D eigenvalue weighted by atomic mass is 15.3. The van der Waals surface area contributed by atoms with Gasteiger partial charge in [-0.1, -0.05) is 133 Å². The maximum absolute atomic E-state index is 2.68. The van der Waals surface area contributed by atoms with E-state index >= 15 is 0 Å². The fraction of sp³-hybridized carbons (Fsp3) is 0.911. The molecule has 0 aliphatic carbocycles. The number of piperazine rings is 2. The Balaban J connectivity index is 0.000000566. The molecule has 9 heteroatoms. The first kappa shape index (κ1) is 95.6. The summed E-state index contributed by atoms with van der Waals surface area (Å²) < 4.78 is 0. The highest BCUT2D eigenvalue weighted by Crippen LogP contribution is 2.34. The highest BCUT2D eigenvalue weighted by Gasteiger charge is 2.34. The largest absolute Gasteiger partial charge is 0.301 e. The average molecular weight is 1390 g/mol. The maximum Gasteiger partial charge on any atom is 0.0198 e. The predicted octanol–water partition coefficient (Wildman–Crippen LogP) is 21.7. The van der Waals surface area contributed by atoms with Gasteiger partial charge in [0.25, 0.3) is 0 Å². The van der Waals surface area contributed by atoms with Crippen molar-refractivity contribution in [3.8, 4) is 0 Å². The number of nitrogens with zero attached hydrogens (tertiary/aromatic N) is 9. The zero-order valence-electron chi connectivity index (χ0n) is 73.8. The molecule has 0 radical (unpaired) electrons. The van der Waals surface area contributed by atoms with Gasteiger partial charge in [0, 0.05) is 144 Å². The van der Waals surface area contributed by atoms with Crippen LogP contribution in [0.15, 0.2) is 35.9 Å². The highest BCUT2D eigenvalue weighted by molar-refractivity contribution is 5.26. The summed E-state index contributed by atoms with van der Waals surface area (Å²) in [7, 11) is 0. The van der Waals surface area contributed by atoms with Crippen LogP contribution in [0.25, 0.3) is 0 Å². The van der Waals surface area contributed by atoms with Gasteiger partial charge in [-0.2, -0.15) is 0 Å². The number of likely N-dealkylation sites (tertiary alicyclic amines) is 4. The minimum Gasteiger partial charge on any atom is -0.301 e. The monoisotopic (exact) mass is 1390 g/mol. The number of hydrogen-bond acceptors (Lipinski definition) is 9. The van der Waals surface area contributed by atoms with Gasteiger partial charge in [0.15, 0.2) is 0 Å². The summed E-state index contributed by atoms with van der Waals surface area (Å²) >= 11 is 0. The molecule has 0 aromatic heterocycles. The van der Waals surface area contributed by atoms with Crippen molar-refractivity contribution in [3.63, 3.8) is 0 Å². The molecule has 8 rings (SSSR count). The lowest BCUT2D eigenvalue weighted by atomic mass is 9.80. The Kier molecular flexibility index (Phi) is 47.8. The number of hydrogen-bond donors (Lipinski definition) is 0. The summed E-state index contributed by atoms with van der Waals surface area (Å²) in [6, 6.07) is 18.5. The lowest BCUT2D eigenvalue weighted by Crippen LogP contribution is -2.55. The number of rotatable bonds is 16. The Morgan fingerprint density at radius 2 is 0.606 bits per heavy atom. The summed E-state index contributed by atoms with van der Waals surface area (Å²) in [4.78, 5) is 23.3. The summed E-state index contributed by atoms with van der Waals surface area (Å²) in [5.74, 6) is 9.37. The molecule has 7 aliphatic rings. The Bertz CT molecular complexity index is 1980. The van der Waals surface area contributed by atoms with Crippen molar-refractivity contribution in [1.29, 1.82) is 0 Å². The van der Waals surface area contributed by atoms with Gasteiger partial charge in [0.2, 0.25) is 0 Å². The fourth-order valence-electron chi connectivity index (χ4n) is 16.7. The van der Waals surface area contributed by atoms with Crippen LogP contribution in [0.3, 0.4) is 0 Å².